The molecule has 1 heterocycles. The number of rotatable bonds is 2. The van der Waals surface area contributed by atoms with Gasteiger partial charge in [0.15, 0.2) is 0 Å². The Morgan fingerprint density at radius 3 is 2.39 bits per heavy atom. The minimum Gasteiger partial charge on any atom is -0.317 e. The van der Waals surface area contributed by atoms with Crippen LogP contribution in [-0.4, -0.2) is 13.1 Å². The van der Waals surface area contributed by atoms with E-state index in [2.05, 4.69) is 51.2 Å². The van der Waals surface area contributed by atoms with E-state index in [1.54, 1.807) is 5.56 Å². The maximum atomic E-state index is 3.44. The van der Waals surface area contributed by atoms with Crippen molar-refractivity contribution in [3.05, 3.63) is 34.9 Å². The average molecular weight is 245 g/mol. The second kappa shape index (κ2) is 5.44. The summed E-state index contributed by atoms with van der Waals surface area (Å²) < 4.78 is 0. The Bertz CT molecular complexity index is 395. The van der Waals surface area contributed by atoms with Gasteiger partial charge in [-0.1, -0.05) is 39.0 Å². The van der Waals surface area contributed by atoms with E-state index >= 15 is 0 Å². The fourth-order valence-corrected chi connectivity index (χ4v) is 2.79. The van der Waals surface area contributed by atoms with Crippen molar-refractivity contribution in [1.29, 1.82) is 0 Å². The molecule has 0 aliphatic carbocycles. The first kappa shape index (κ1) is 13.6. The standard InChI is InChI=1S/C17H27N/c1-13-11-16(17(2,3)4)6-5-15(13)12-14-7-9-18-10-8-14/h5-6,11,14,18H,7-10,12H2,1-4H3. The van der Waals surface area contributed by atoms with Gasteiger partial charge in [0.1, 0.15) is 0 Å². The maximum Gasteiger partial charge on any atom is -0.00462 e. The highest BCUT2D eigenvalue weighted by Crippen LogP contribution is 2.26. The summed E-state index contributed by atoms with van der Waals surface area (Å²) in [5, 5.41) is 3.44. The summed E-state index contributed by atoms with van der Waals surface area (Å²) in [6, 6.07) is 7.07. The first-order valence-electron chi connectivity index (χ1n) is 7.27. The van der Waals surface area contributed by atoms with E-state index in [4.69, 9.17) is 0 Å². The van der Waals surface area contributed by atoms with Crippen molar-refractivity contribution in [1.82, 2.24) is 5.32 Å². The molecule has 0 radical (unpaired) electrons. The molecule has 1 aliphatic rings. The minimum absolute atomic E-state index is 0.262. The predicted molar refractivity (Wildman–Crippen MR) is 79.2 cm³/mol. The Balaban J connectivity index is 2.09. The first-order valence-corrected chi connectivity index (χ1v) is 7.27. The third-order valence-electron chi connectivity index (χ3n) is 4.18. The van der Waals surface area contributed by atoms with Gasteiger partial charge in [-0.15, -0.1) is 0 Å². The molecule has 1 saturated heterocycles. The molecule has 1 N–H and O–H groups in total. The average Bonchev–Trinajstić information content (AvgIpc) is 2.32. The number of hydrogen-bond acceptors (Lipinski definition) is 1. The van der Waals surface area contributed by atoms with Crippen LogP contribution in [0.15, 0.2) is 18.2 Å². The van der Waals surface area contributed by atoms with Gasteiger partial charge in [0, 0.05) is 0 Å². The zero-order valence-electron chi connectivity index (χ0n) is 12.3. The van der Waals surface area contributed by atoms with Gasteiger partial charge >= 0.3 is 0 Å². The van der Waals surface area contributed by atoms with Crippen LogP contribution in [0.2, 0.25) is 0 Å². The van der Waals surface area contributed by atoms with E-state index in [1.807, 2.05) is 0 Å². The molecule has 0 saturated carbocycles. The summed E-state index contributed by atoms with van der Waals surface area (Å²) >= 11 is 0. The lowest BCUT2D eigenvalue weighted by atomic mass is 9.83. The molecule has 0 aromatic heterocycles. The van der Waals surface area contributed by atoms with E-state index in [9.17, 15) is 0 Å². The van der Waals surface area contributed by atoms with Crippen molar-refractivity contribution in [3.63, 3.8) is 0 Å². The monoisotopic (exact) mass is 245 g/mol. The predicted octanol–water partition coefficient (Wildman–Crippen LogP) is 3.83. The second-order valence-electron chi connectivity index (χ2n) is 6.79. The molecule has 1 aliphatic heterocycles. The molecule has 1 heteroatoms. The Morgan fingerprint density at radius 1 is 1.17 bits per heavy atom. The van der Waals surface area contributed by atoms with E-state index in [1.165, 1.54) is 43.5 Å². The minimum atomic E-state index is 0.262. The Kier molecular flexibility index (Phi) is 4.11. The third kappa shape index (κ3) is 3.35. The Hall–Kier alpha value is -0.820. The third-order valence-corrected chi connectivity index (χ3v) is 4.18. The summed E-state index contributed by atoms with van der Waals surface area (Å²) in [4.78, 5) is 0. The number of benzene rings is 1. The molecule has 1 nitrogen and oxygen atoms in total. The molecule has 0 amide bonds. The quantitative estimate of drug-likeness (QED) is 0.835. The van der Waals surface area contributed by atoms with Crippen LogP contribution in [0.1, 0.15) is 50.3 Å². The molecule has 2 rings (SSSR count). The van der Waals surface area contributed by atoms with Gasteiger partial charge in [0.2, 0.25) is 0 Å². The lowest BCUT2D eigenvalue weighted by Crippen LogP contribution is -2.28. The van der Waals surface area contributed by atoms with Crippen molar-refractivity contribution in [2.45, 2.75) is 52.4 Å². The molecular weight excluding hydrogens is 218 g/mol. The van der Waals surface area contributed by atoms with E-state index in [0.717, 1.165) is 5.92 Å². The van der Waals surface area contributed by atoms with Gasteiger partial charge in [-0.2, -0.15) is 0 Å². The summed E-state index contributed by atoms with van der Waals surface area (Å²) in [6.45, 7) is 11.5. The molecule has 0 atom stereocenters. The lowest BCUT2D eigenvalue weighted by Gasteiger charge is -2.25. The van der Waals surface area contributed by atoms with Gasteiger partial charge in [-0.25, -0.2) is 0 Å². The number of hydrogen-bond donors (Lipinski definition) is 1. The highest BCUT2D eigenvalue weighted by Gasteiger charge is 2.17. The molecule has 100 valence electrons. The smallest absolute Gasteiger partial charge is 0.00462 e. The molecule has 0 spiro atoms. The molecule has 1 aromatic rings. The zero-order valence-corrected chi connectivity index (χ0v) is 12.3. The summed E-state index contributed by atoms with van der Waals surface area (Å²) in [7, 11) is 0. The van der Waals surface area contributed by atoms with E-state index in [-0.39, 0.29) is 5.41 Å². The fourth-order valence-electron chi connectivity index (χ4n) is 2.79. The largest absolute Gasteiger partial charge is 0.317 e. The fraction of sp³-hybridized carbons (Fsp3) is 0.647. The van der Waals surface area contributed by atoms with Gasteiger partial charge < -0.3 is 5.32 Å². The number of piperidine rings is 1. The molecular formula is C17H27N. The number of nitrogens with one attached hydrogen (secondary N) is 1. The molecule has 18 heavy (non-hydrogen) atoms. The van der Waals surface area contributed by atoms with Gasteiger partial charge in [-0.05, 0) is 67.3 Å². The molecule has 0 bridgehead atoms. The van der Waals surface area contributed by atoms with Crippen LogP contribution < -0.4 is 5.32 Å². The van der Waals surface area contributed by atoms with Crippen LogP contribution in [-0.2, 0) is 11.8 Å². The van der Waals surface area contributed by atoms with Gasteiger partial charge in [0.05, 0.1) is 0 Å². The lowest BCUT2D eigenvalue weighted by molar-refractivity contribution is 0.372. The van der Waals surface area contributed by atoms with Crippen LogP contribution in [0.3, 0.4) is 0 Å². The molecule has 1 aromatic carbocycles. The van der Waals surface area contributed by atoms with Gasteiger partial charge in [0.25, 0.3) is 0 Å². The maximum absolute atomic E-state index is 3.44. The highest BCUT2D eigenvalue weighted by atomic mass is 14.9. The van der Waals surface area contributed by atoms with E-state index in [0.29, 0.717) is 0 Å². The van der Waals surface area contributed by atoms with Crippen molar-refractivity contribution in [2.24, 2.45) is 5.92 Å². The Morgan fingerprint density at radius 2 is 1.83 bits per heavy atom. The summed E-state index contributed by atoms with van der Waals surface area (Å²) in [6.07, 6.45) is 3.93. The SMILES string of the molecule is Cc1cc(C(C)(C)C)ccc1CC1CCNCC1. The van der Waals surface area contributed by atoms with Crippen molar-refractivity contribution >= 4 is 0 Å². The Labute approximate surface area is 112 Å². The first-order chi connectivity index (χ1) is 8.47. The van der Waals surface area contributed by atoms with Crippen LogP contribution >= 0.6 is 0 Å². The summed E-state index contributed by atoms with van der Waals surface area (Å²) in [5.74, 6) is 0.880. The van der Waals surface area contributed by atoms with Crippen molar-refractivity contribution in [3.8, 4) is 0 Å². The van der Waals surface area contributed by atoms with Crippen LogP contribution in [0, 0.1) is 12.8 Å². The van der Waals surface area contributed by atoms with Gasteiger partial charge in [-0.3, -0.25) is 0 Å². The normalized spacial score (nSPS) is 18.0. The molecule has 0 unspecified atom stereocenters. The van der Waals surface area contributed by atoms with Crippen LogP contribution in [0.4, 0.5) is 0 Å². The number of aryl methyl sites for hydroxylation is 1. The topological polar surface area (TPSA) is 12.0 Å². The zero-order chi connectivity index (χ0) is 13.2. The molecule has 1 fully saturated rings. The van der Waals surface area contributed by atoms with Crippen LogP contribution in [0.5, 0.6) is 0 Å². The van der Waals surface area contributed by atoms with Crippen molar-refractivity contribution < 1.29 is 0 Å². The van der Waals surface area contributed by atoms with E-state index < -0.39 is 0 Å². The summed E-state index contributed by atoms with van der Waals surface area (Å²) in [5.41, 5.74) is 4.74. The highest BCUT2D eigenvalue weighted by molar-refractivity contribution is 5.34. The second-order valence-corrected chi connectivity index (χ2v) is 6.79. The van der Waals surface area contributed by atoms with Crippen LogP contribution in [0.25, 0.3) is 0 Å². The van der Waals surface area contributed by atoms with Crippen molar-refractivity contribution in [2.75, 3.05) is 13.1 Å².